The molecule has 2 rings (SSSR count). The van der Waals surface area contributed by atoms with E-state index in [1.807, 2.05) is 17.5 Å². The molecule has 2 heterocycles. The summed E-state index contributed by atoms with van der Waals surface area (Å²) in [6.45, 7) is 0.441. The van der Waals surface area contributed by atoms with Gasteiger partial charge in [-0.25, -0.2) is 4.98 Å². The average molecular weight is 181 g/mol. The first kappa shape index (κ1) is 7.36. The van der Waals surface area contributed by atoms with Crippen molar-refractivity contribution in [2.45, 2.75) is 6.61 Å². The number of furan rings is 1. The van der Waals surface area contributed by atoms with E-state index in [-0.39, 0.29) is 0 Å². The molecule has 0 radical (unpaired) electrons. The summed E-state index contributed by atoms with van der Waals surface area (Å²) in [4.78, 5) is 3.97. The molecule has 0 aliphatic rings. The SMILES string of the molecule is c1coc(COc2cscn2)c1. The van der Waals surface area contributed by atoms with Crippen LogP contribution in [-0.4, -0.2) is 4.98 Å². The fourth-order valence-corrected chi connectivity index (χ4v) is 1.28. The molecule has 0 saturated carbocycles. The fourth-order valence-electron chi connectivity index (χ4n) is 0.813. The molecule has 12 heavy (non-hydrogen) atoms. The van der Waals surface area contributed by atoms with Gasteiger partial charge in [-0.3, -0.25) is 0 Å². The summed E-state index contributed by atoms with van der Waals surface area (Å²) in [5.74, 6) is 1.46. The molecule has 2 aromatic heterocycles. The van der Waals surface area contributed by atoms with Crippen LogP contribution in [0.1, 0.15) is 5.76 Å². The Morgan fingerprint density at radius 2 is 2.58 bits per heavy atom. The number of hydrogen-bond acceptors (Lipinski definition) is 4. The van der Waals surface area contributed by atoms with Crippen LogP contribution in [0.25, 0.3) is 0 Å². The van der Waals surface area contributed by atoms with Crippen LogP contribution in [0.15, 0.2) is 33.7 Å². The predicted molar refractivity (Wildman–Crippen MR) is 45.2 cm³/mol. The molecule has 0 spiro atoms. The second-order valence-corrected chi connectivity index (χ2v) is 2.91. The number of hydrogen-bond donors (Lipinski definition) is 0. The summed E-state index contributed by atoms with van der Waals surface area (Å²) in [5.41, 5.74) is 1.73. The molecule has 0 aromatic carbocycles. The quantitative estimate of drug-likeness (QED) is 0.728. The molecular formula is C8H7NO2S. The Hall–Kier alpha value is -1.29. The molecule has 0 aliphatic heterocycles. The van der Waals surface area contributed by atoms with E-state index < -0.39 is 0 Å². The van der Waals surface area contributed by atoms with Gasteiger partial charge in [0, 0.05) is 0 Å². The first-order valence-electron chi connectivity index (χ1n) is 3.48. The minimum Gasteiger partial charge on any atom is -0.469 e. The molecule has 0 fully saturated rings. The Morgan fingerprint density at radius 1 is 1.58 bits per heavy atom. The van der Waals surface area contributed by atoms with Gasteiger partial charge in [0.2, 0.25) is 5.88 Å². The zero-order chi connectivity index (χ0) is 8.23. The van der Waals surface area contributed by atoms with Crippen molar-refractivity contribution in [3.8, 4) is 5.88 Å². The highest BCUT2D eigenvalue weighted by Gasteiger charge is 1.97. The summed E-state index contributed by atoms with van der Waals surface area (Å²) in [6.07, 6.45) is 1.62. The second kappa shape index (κ2) is 3.40. The lowest BCUT2D eigenvalue weighted by Crippen LogP contribution is -1.92. The molecule has 0 saturated heterocycles. The largest absolute Gasteiger partial charge is 0.469 e. The maximum atomic E-state index is 5.30. The topological polar surface area (TPSA) is 35.3 Å². The summed E-state index contributed by atoms with van der Waals surface area (Å²) in [5, 5.41) is 1.85. The lowest BCUT2D eigenvalue weighted by Gasteiger charge is -1.97. The van der Waals surface area contributed by atoms with Gasteiger partial charge in [-0.15, -0.1) is 11.3 Å². The molecule has 2 aromatic rings. The highest BCUT2D eigenvalue weighted by atomic mass is 32.1. The van der Waals surface area contributed by atoms with E-state index in [2.05, 4.69) is 4.98 Å². The van der Waals surface area contributed by atoms with Gasteiger partial charge in [0.05, 0.1) is 17.2 Å². The third-order valence-corrected chi connectivity index (χ3v) is 1.92. The molecule has 3 nitrogen and oxygen atoms in total. The normalized spacial score (nSPS) is 10.0. The van der Waals surface area contributed by atoms with Gasteiger partial charge < -0.3 is 9.15 Å². The molecule has 4 heteroatoms. The molecule has 0 aliphatic carbocycles. The molecule has 0 N–H and O–H groups in total. The fraction of sp³-hybridized carbons (Fsp3) is 0.125. The zero-order valence-corrected chi connectivity index (χ0v) is 7.08. The predicted octanol–water partition coefficient (Wildman–Crippen LogP) is 2.32. The van der Waals surface area contributed by atoms with E-state index in [9.17, 15) is 0 Å². The number of ether oxygens (including phenoxy) is 1. The van der Waals surface area contributed by atoms with Crippen molar-refractivity contribution in [2.24, 2.45) is 0 Å². The van der Waals surface area contributed by atoms with Crippen LogP contribution in [0, 0.1) is 0 Å². The number of aromatic nitrogens is 1. The maximum Gasteiger partial charge on any atom is 0.224 e. The summed E-state index contributed by atoms with van der Waals surface area (Å²) in [7, 11) is 0. The minimum absolute atomic E-state index is 0.441. The van der Waals surface area contributed by atoms with Crippen molar-refractivity contribution in [1.82, 2.24) is 4.98 Å². The molecule has 62 valence electrons. The Balaban J connectivity index is 1.91. The standard InChI is InChI=1S/C8H7NO2S/c1-2-7(10-3-1)4-11-8-5-12-6-9-8/h1-3,5-6H,4H2. The van der Waals surface area contributed by atoms with Crippen LogP contribution in [0.3, 0.4) is 0 Å². The third-order valence-electron chi connectivity index (χ3n) is 1.35. The highest BCUT2D eigenvalue weighted by Crippen LogP contribution is 2.12. The van der Waals surface area contributed by atoms with Gasteiger partial charge >= 0.3 is 0 Å². The van der Waals surface area contributed by atoms with Crippen molar-refractivity contribution in [2.75, 3.05) is 0 Å². The molecular weight excluding hydrogens is 174 g/mol. The maximum absolute atomic E-state index is 5.30. The molecule has 0 bridgehead atoms. The van der Waals surface area contributed by atoms with Crippen LogP contribution in [0.5, 0.6) is 5.88 Å². The Labute approximate surface area is 73.6 Å². The highest BCUT2D eigenvalue weighted by molar-refractivity contribution is 7.07. The van der Waals surface area contributed by atoms with Crippen molar-refractivity contribution >= 4 is 11.3 Å². The van der Waals surface area contributed by atoms with Crippen LogP contribution in [0.4, 0.5) is 0 Å². The van der Waals surface area contributed by atoms with Gasteiger partial charge in [-0.1, -0.05) is 0 Å². The van der Waals surface area contributed by atoms with E-state index in [1.165, 1.54) is 11.3 Å². The van der Waals surface area contributed by atoms with Crippen molar-refractivity contribution < 1.29 is 9.15 Å². The Kier molecular flexibility index (Phi) is 2.09. The van der Waals surface area contributed by atoms with Crippen LogP contribution >= 0.6 is 11.3 Å². The minimum atomic E-state index is 0.441. The van der Waals surface area contributed by atoms with Gasteiger partial charge in [-0.2, -0.15) is 0 Å². The van der Waals surface area contributed by atoms with Crippen molar-refractivity contribution in [3.63, 3.8) is 0 Å². The lowest BCUT2D eigenvalue weighted by molar-refractivity contribution is 0.262. The second-order valence-electron chi connectivity index (χ2n) is 2.19. The van der Waals surface area contributed by atoms with Gasteiger partial charge in [0.25, 0.3) is 0 Å². The number of thiazole rings is 1. The monoisotopic (exact) mass is 181 g/mol. The number of rotatable bonds is 3. The van der Waals surface area contributed by atoms with Crippen LogP contribution in [0.2, 0.25) is 0 Å². The summed E-state index contributed by atoms with van der Waals surface area (Å²) < 4.78 is 10.4. The van der Waals surface area contributed by atoms with E-state index in [0.717, 1.165) is 5.76 Å². The Morgan fingerprint density at radius 3 is 3.25 bits per heavy atom. The molecule has 0 amide bonds. The van der Waals surface area contributed by atoms with E-state index >= 15 is 0 Å². The summed E-state index contributed by atoms with van der Waals surface area (Å²) in [6, 6.07) is 3.70. The Bertz CT molecular complexity index is 280. The van der Waals surface area contributed by atoms with Crippen molar-refractivity contribution in [3.05, 3.63) is 35.0 Å². The first-order valence-corrected chi connectivity index (χ1v) is 4.43. The van der Waals surface area contributed by atoms with E-state index in [0.29, 0.717) is 12.5 Å². The summed E-state index contributed by atoms with van der Waals surface area (Å²) >= 11 is 1.51. The molecule has 0 atom stereocenters. The van der Waals surface area contributed by atoms with Gasteiger partial charge in [0.15, 0.2) is 0 Å². The number of nitrogens with zero attached hydrogens (tertiary/aromatic N) is 1. The van der Waals surface area contributed by atoms with Gasteiger partial charge in [-0.05, 0) is 12.1 Å². The molecule has 0 unspecified atom stereocenters. The lowest BCUT2D eigenvalue weighted by atomic mass is 10.5. The average Bonchev–Trinajstić information content (AvgIpc) is 2.74. The van der Waals surface area contributed by atoms with E-state index in [1.54, 1.807) is 11.8 Å². The zero-order valence-electron chi connectivity index (χ0n) is 6.27. The smallest absolute Gasteiger partial charge is 0.224 e. The first-order chi connectivity index (χ1) is 5.95. The third kappa shape index (κ3) is 1.65. The van der Waals surface area contributed by atoms with Crippen molar-refractivity contribution in [1.29, 1.82) is 0 Å². The van der Waals surface area contributed by atoms with Gasteiger partial charge in [0.1, 0.15) is 12.4 Å². The van der Waals surface area contributed by atoms with Crippen LogP contribution < -0.4 is 4.74 Å². The van der Waals surface area contributed by atoms with Crippen LogP contribution in [-0.2, 0) is 6.61 Å². The van der Waals surface area contributed by atoms with E-state index in [4.69, 9.17) is 9.15 Å².